The van der Waals surface area contributed by atoms with Crippen LogP contribution in [0.2, 0.25) is 0 Å². The van der Waals surface area contributed by atoms with Crippen LogP contribution in [-0.4, -0.2) is 11.8 Å². The lowest BCUT2D eigenvalue weighted by molar-refractivity contribution is 0.248. The number of nitrogens with zero attached hydrogens (tertiary/aromatic N) is 1. The van der Waals surface area contributed by atoms with Gasteiger partial charge in [0.25, 0.3) is 0 Å². The van der Waals surface area contributed by atoms with Gasteiger partial charge in [-0.05, 0) is 35.7 Å². The number of halogens is 1. The molecule has 2 aromatic rings. The Kier molecular flexibility index (Phi) is 5.02. The summed E-state index contributed by atoms with van der Waals surface area (Å²) in [4.78, 5) is 12.8. The van der Waals surface area contributed by atoms with E-state index in [1.54, 1.807) is 30.3 Å². The van der Waals surface area contributed by atoms with Crippen molar-refractivity contribution in [1.82, 2.24) is 5.32 Å². The molecule has 2 N–H and O–H groups in total. The minimum absolute atomic E-state index is 0.199. The molecular weight excluding hydrogens is 325 g/mol. The molecule has 1 unspecified atom stereocenters. The summed E-state index contributed by atoms with van der Waals surface area (Å²) in [6.45, 7) is 0. The normalized spacial score (nSPS) is 15.9. The molecule has 1 atom stereocenters. The van der Waals surface area contributed by atoms with Crippen molar-refractivity contribution >= 4 is 23.5 Å². The number of hydrogen-bond acceptors (Lipinski definition) is 3. The van der Waals surface area contributed by atoms with Crippen molar-refractivity contribution < 1.29 is 9.18 Å². The first kappa shape index (κ1) is 16.3. The van der Waals surface area contributed by atoms with E-state index in [1.165, 1.54) is 17.8 Å². The van der Waals surface area contributed by atoms with Crippen molar-refractivity contribution in [3.8, 4) is 6.07 Å². The Bertz CT molecular complexity index is 786. The fourth-order valence-electron chi connectivity index (χ4n) is 2.66. The monoisotopic (exact) mass is 341 g/mol. The molecule has 24 heavy (non-hydrogen) atoms. The maximum atomic E-state index is 13.9. The lowest BCUT2D eigenvalue weighted by atomic mass is 10.0. The molecule has 0 saturated heterocycles. The number of carbonyl (C=O) groups excluding carboxylic acids is 1. The third kappa shape index (κ3) is 3.69. The highest BCUT2D eigenvalue weighted by atomic mass is 32.2. The number of benzene rings is 2. The molecule has 4 nitrogen and oxygen atoms in total. The van der Waals surface area contributed by atoms with E-state index in [9.17, 15) is 9.18 Å². The predicted molar refractivity (Wildman–Crippen MR) is 92.4 cm³/mol. The SMILES string of the molecule is N#CCc1ccc(NC(=O)NC2CCSc3c(F)cccc32)cc1. The molecule has 1 aliphatic rings. The highest BCUT2D eigenvalue weighted by Crippen LogP contribution is 2.37. The van der Waals surface area contributed by atoms with Crippen molar-refractivity contribution in [2.75, 3.05) is 11.1 Å². The average molecular weight is 341 g/mol. The summed E-state index contributed by atoms with van der Waals surface area (Å²) in [6, 6.07) is 13.7. The van der Waals surface area contributed by atoms with Crippen LogP contribution in [0.3, 0.4) is 0 Å². The van der Waals surface area contributed by atoms with Crippen molar-refractivity contribution in [2.45, 2.75) is 23.8 Å². The standard InChI is InChI=1S/C18H16FN3OS/c19-15-3-1-2-14-16(9-11-24-17(14)15)22-18(23)21-13-6-4-12(5-7-13)8-10-20/h1-7,16H,8-9,11H2,(H2,21,22,23). The average Bonchev–Trinajstić information content (AvgIpc) is 2.58. The third-order valence-corrected chi connectivity index (χ3v) is 4.99. The maximum absolute atomic E-state index is 13.9. The molecule has 6 heteroatoms. The van der Waals surface area contributed by atoms with Gasteiger partial charge in [-0.25, -0.2) is 9.18 Å². The van der Waals surface area contributed by atoms with Gasteiger partial charge in [0, 0.05) is 16.3 Å². The Labute approximate surface area is 144 Å². The summed E-state index contributed by atoms with van der Waals surface area (Å²) >= 11 is 1.48. The molecule has 0 bridgehead atoms. The first-order chi connectivity index (χ1) is 11.7. The smallest absolute Gasteiger partial charge is 0.319 e. The van der Waals surface area contributed by atoms with E-state index in [2.05, 4.69) is 16.7 Å². The van der Waals surface area contributed by atoms with Crippen LogP contribution < -0.4 is 10.6 Å². The second kappa shape index (κ2) is 7.37. The van der Waals surface area contributed by atoms with Gasteiger partial charge in [0.05, 0.1) is 18.5 Å². The fourth-order valence-corrected chi connectivity index (χ4v) is 3.80. The lowest BCUT2D eigenvalue weighted by Crippen LogP contribution is -2.34. The molecule has 0 saturated carbocycles. The van der Waals surface area contributed by atoms with E-state index in [0.717, 1.165) is 23.3 Å². The number of carbonyl (C=O) groups is 1. The van der Waals surface area contributed by atoms with Crippen LogP contribution in [0, 0.1) is 17.1 Å². The number of fused-ring (bicyclic) bond motifs is 1. The van der Waals surface area contributed by atoms with Gasteiger partial charge in [-0.1, -0.05) is 24.3 Å². The van der Waals surface area contributed by atoms with Crippen LogP contribution in [0.15, 0.2) is 47.4 Å². The van der Waals surface area contributed by atoms with E-state index in [-0.39, 0.29) is 17.9 Å². The van der Waals surface area contributed by atoms with Gasteiger partial charge in [-0.2, -0.15) is 5.26 Å². The molecule has 0 fully saturated rings. The predicted octanol–water partition coefficient (Wildman–Crippen LogP) is 4.25. The molecule has 1 heterocycles. The minimum atomic E-state index is -0.324. The molecule has 0 aliphatic carbocycles. The van der Waals surface area contributed by atoms with Crippen molar-refractivity contribution in [3.05, 3.63) is 59.4 Å². The summed E-state index contributed by atoms with van der Waals surface area (Å²) in [6.07, 6.45) is 1.10. The molecule has 1 aliphatic heterocycles. The van der Waals surface area contributed by atoms with Crippen molar-refractivity contribution in [2.24, 2.45) is 0 Å². The van der Waals surface area contributed by atoms with Gasteiger partial charge >= 0.3 is 6.03 Å². The maximum Gasteiger partial charge on any atom is 0.319 e. The van der Waals surface area contributed by atoms with E-state index >= 15 is 0 Å². The van der Waals surface area contributed by atoms with Crippen LogP contribution in [0.1, 0.15) is 23.6 Å². The number of nitrogens with one attached hydrogen (secondary N) is 2. The Balaban J connectivity index is 1.66. The zero-order valence-corrected chi connectivity index (χ0v) is 13.7. The fraction of sp³-hybridized carbons (Fsp3) is 0.222. The van der Waals surface area contributed by atoms with Gasteiger partial charge in [0.15, 0.2) is 0 Å². The second-order valence-electron chi connectivity index (χ2n) is 5.48. The van der Waals surface area contributed by atoms with Crippen molar-refractivity contribution in [1.29, 1.82) is 5.26 Å². The molecule has 3 rings (SSSR count). The number of thioether (sulfide) groups is 1. The van der Waals surface area contributed by atoms with Gasteiger partial charge in [0.2, 0.25) is 0 Å². The first-order valence-electron chi connectivity index (χ1n) is 7.62. The van der Waals surface area contributed by atoms with E-state index in [1.807, 2.05) is 6.07 Å². The molecule has 0 radical (unpaired) electrons. The van der Waals surface area contributed by atoms with Crippen molar-refractivity contribution in [3.63, 3.8) is 0 Å². The summed E-state index contributed by atoms with van der Waals surface area (Å²) < 4.78 is 13.9. The summed E-state index contributed by atoms with van der Waals surface area (Å²) in [7, 11) is 0. The van der Waals surface area contributed by atoms with E-state index in [4.69, 9.17) is 5.26 Å². The Morgan fingerprint density at radius 2 is 2.08 bits per heavy atom. The summed E-state index contributed by atoms with van der Waals surface area (Å²) in [5, 5.41) is 14.3. The number of amides is 2. The van der Waals surface area contributed by atoms with Gasteiger partial charge in [0.1, 0.15) is 5.82 Å². The highest BCUT2D eigenvalue weighted by molar-refractivity contribution is 7.99. The number of urea groups is 1. The van der Waals surface area contributed by atoms with Crippen LogP contribution in [0.4, 0.5) is 14.9 Å². The zero-order chi connectivity index (χ0) is 16.9. The van der Waals surface area contributed by atoms with Gasteiger partial charge < -0.3 is 10.6 Å². The zero-order valence-electron chi connectivity index (χ0n) is 12.9. The number of anilines is 1. The molecule has 2 aromatic carbocycles. The summed E-state index contributed by atoms with van der Waals surface area (Å²) in [5.74, 6) is 0.527. The Morgan fingerprint density at radius 3 is 2.83 bits per heavy atom. The second-order valence-corrected chi connectivity index (χ2v) is 6.58. The molecule has 0 aromatic heterocycles. The van der Waals surface area contributed by atoms with E-state index < -0.39 is 0 Å². The number of hydrogen-bond donors (Lipinski definition) is 2. The quantitative estimate of drug-likeness (QED) is 0.877. The third-order valence-electron chi connectivity index (χ3n) is 3.83. The summed E-state index contributed by atoms with van der Waals surface area (Å²) in [5.41, 5.74) is 2.38. The Morgan fingerprint density at radius 1 is 1.29 bits per heavy atom. The highest BCUT2D eigenvalue weighted by Gasteiger charge is 2.24. The molecule has 2 amide bonds. The van der Waals surface area contributed by atoms with Gasteiger partial charge in [-0.3, -0.25) is 0 Å². The molecule has 0 spiro atoms. The van der Waals surface area contributed by atoms with Crippen LogP contribution >= 0.6 is 11.8 Å². The van der Waals surface area contributed by atoms with Crippen LogP contribution in [0.5, 0.6) is 0 Å². The van der Waals surface area contributed by atoms with Crippen LogP contribution in [0.25, 0.3) is 0 Å². The van der Waals surface area contributed by atoms with E-state index in [0.29, 0.717) is 17.0 Å². The van der Waals surface area contributed by atoms with Gasteiger partial charge in [-0.15, -0.1) is 11.8 Å². The number of nitriles is 1. The Hall–Kier alpha value is -2.52. The number of rotatable bonds is 3. The van der Waals surface area contributed by atoms with Crippen LogP contribution in [-0.2, 0) is 6.42 Å². The largest absolute Gasteiger partial charge is 0.331 e. The topological polar surface area (TPSA) is 64.9 Å². The lowest BCUT2D eigenvalue weighted by Gasteiger charge is -2.26. The molecular formula is C18H16FN3OS. The molecule has 122 valence electrons. The minimum Gasteiger partial charge on any atom is -0.331 e. The first-order valence-corrected chi connectivity index (χ1v) is 8.60.